The van der Waals surface area contributed by atoms with Gasteiger partial charge in [0.25, 0.3) is 0 Å². The molecule has 4 heterocycles. The van der Waals surface area contributed by atoms with Crippen LogP contribution >= 0.6 is 0 Å². The van der Waals surface area contributed by atoms with Gasteiger partial charge in [-0.05, 0) is 42.5 Å². The molecular weight excluding hydrogens is 346 g/mol. The number of rotatable bonds is 2. The fourth-order valence-corrected chi connectivity index (χ4v) is 3.90. The number of nitrogens with zero attached hydrogens (tertiary/aromatic N) is 3. The Morgan fingerprint density at radius 2 is 1.75 bits per heavy atom. The molecule has 0 atom stereocenters. The molecule has 0 aliphatic rings. The first kappa shape index (κ1) is 15.2. The maximum Gasteiger partial charge on any atom is 0.138 e. The number of pyridine rings is 2. The molecule has 6 rings (SSSR count). The van der Waals surface area contributed by atoms with Crippen molar-refractivity contribution >= 4 is 32.8 Å². The van der Waals surface area contributed by atoms with Gasteiger partial charge in [0.05, 0.1) is 23.0 Å². The Bertz CT molecular complexity index is 1460. The lowest BCUT2D eigenvalue weighted by Gasteiger charge is -2.09. The topological polar surface area (TPSA) is 43.9 Å². The van der Waals surface area contributed by atoms with Crippen molar-refractivity contribution < 1.29 is 4.42 Å². The zero-order valence-electron chi connectivity index (χ0n) is 14.9. The molecule has 0 aliphatic carbocycles. The van der Waals surface area contributed by atoms with E-state index in [4.69, 9.17) is 9.40 Å². The average Bonchev–Trinajstić information content (AvgIpc) is 3.34. The second-order valence-electron chi connectivity index (χ2n) is 6.80. The zero-order chi connectivity index (χ0) is 18.5. The van der Waals surface area contributed by atoms with Crippen LogP contribution in [0.25, 0.3) is 49.9 Å². The van der Waals surface area contributed by atoms with Gasteiger partial charge in [0, 0.05) is 40.2 Å². The molecule has 0 fully saturated rings. The van der Waals surface area contributed by atoms with Gasteiger partial charge in [-0.15, -0.1) is 0 Å². The summed E-state index contributed by atoms with van der Waals surface area (Å²) < 4.78 is 7.86. The molecule has 0 saturated heterocycles. The smallest absolute Gasteiger partial charge is 0.138 e. The first-order valence-corrected chi connectivity index (χ1v) is 9.17. The molecule has 0 amide bonds. The van der Waals surface area contributed by atoms with E-state index in [2.05, 4.69) is 45.9 Å². The van der Waals surface area contributed by atoms with Gasteiger partial charge >= 0.3 is 0 Å². The van der Waals surface area contributed by atoms with Crippen LogP contribution in [0.1, 0.15) is 0 Å². The molecule has 0 saturated carbocycles. The predicted octanol–water partition coefficient (Wildman–Crippen LogP) is 5.99. The molecule has 0 bridgehead atoms. The van der Waals surface area contributed by atoms with Crippen molar-refractivity contribution in [2.75, 3.05) is 0 Å². The maximum absolute atomic E-state index is 5.66. The predicted molar refractivity (Wildman–Crippen MR) is 112 cm³/mol. The average molecular weight is 361 g/mol. The van der Waals surface area contributed by atoms with Crippen LogP contribution in [0.15, 0.2) is 95.9 Å². The van der Waals surface area contributed by atoms with E-state index in [1.54, 1.807) is 12.5 Å². The first-order chi connectivity index (χ1) is 13.9. The number of hydrogen-bond acceptors (Lipinski definition) is 3. The normalized spacial score (nSPS) is 11.6. The van der Waals surface area contributed by atoms with Gasteiger partial charge in [0.1, 0.15) is 11.4 Å². The minimum absolute atomic E-state index is 0.874. The molecule has 2 aromatic carbocycles. The van der Waals surface area contributed by atoms with Crippen LogP contribution in [0.4, 0.5) is 0 Å². The lowest BCUT2D eigenvalue weighted by molar-refractivity contribution is 0.616. The molecule has 0 unspecified atom stereocenters. The van der Waals surface area contributed by atoms with E-state index in [0.29, 0.717) is 0 Å². The number of furan rings is 1. The van der Waals surface area contributed by atoms with Gasteiger partial charge < -0.3 is 4.42 Å². The molecule has 4 heteroatoms. The van der Waals surface area contributed by atoms with E-state index in [1.165, 1.54) is 10.8 Å². The Morgan fingerprint density at radius 1 is 0.786 bits per heavy atom. The Hall–Kier alpha value is -3.92. The van der Waals surface area contributed by atoms with Gasteiger partial charge in [-0.25, -0.2) is 4.98 Å². The maximum atomic E-state index is 5.66. The Kier molecular flexibility index (Phi) is 3.14. The number of hydrogen-bond donors (Lipinski definition) is 0. The van der Waals surface area contributed by atoms with E-state index in [-0.39, 0.29) is 0 Å². The standard InChI is InChI=1S/C24H15N3O/c1-2-8-21-18(6-1)19-13-16-10-12-28-23(16)14-22(19)27(21)24-9-3-7-20(26-24)17-5-4-11-25-15-17/h1-15H. The summed E-state index contributed by atoms with van der Waals surface area (Å²) in [6, 6.07) is 24.8. The van der Waals surface area contributed by atoms with Gasteiger partial charge in [-0.3, -0.25) is 9.55 Å². The summed E-state index contributed by atoms with van der Waals surface area (Å²) in [5.74, 6) is 0.874. The highest BCUT2D eigenvalue weighted by molar-refractivity contribution is 6.12. The van der Waals surface area contributed by atoms with Crippen LogP contribution in [0.3, 0.4) is 0 Å². The number of benzene rings is 2. The van der Waals surface area contributed by atoms with Crippen molar-refractivity contribution in [3.63, 3.8) is 0 Å². The second-order valence-corrected chi connectivity index (χ2v) is 6.80. The van der Waals surface area contributed by atoms with Crippen LogP contribution in [-0.4, -0.2) is 14.5 Å². The van der Waals surface area contributed by atoms with Gasteiger partial charge in [-0.2, -0.15) is 0 Å². The molecule has 4 nitrogen and oxygen atoms in total. The van der Waals surface area contributed by atoms with Gasteiger partial charge in [0.2, 0.25) is 0 Å². The monoisotopic (exact) mass is 361 g/mol. The third-order valence-electron chi connectivity index (χ3n) is 5.17. The fraction of sp³-hybridized carbons (Fsp3) is 0. The van der Waals surface area contributed by atoms with Crippen molar-refractivity contribution in [1.29, 1.82) is 0 Å². The third-order valence-corrected chi connectivity index (χ3v) is 5.17. The zero-order valence-corrected chi connectivity index (χ0v) is 14.9. The second kappa shape index (κ2) is 5.79. The number of para-hydroxylation sites is 1. The minimum atomic E-state index is 0.874. The highest BCUT2D eigenvalue weighted by Gasteiger charge is 2.15. The number of aromatic nitrogens is 3. The lowest BCUT2D eigenvalue weighted by atomic mass is 10.1. The van der Waals surface area contributed by atoms with Crippen molar-refractivity contribution in [3.8, 4) is 17.1 Å². The summed E-state index contributed by atoms with van der Waals surface area (Å²) in [7, 11) is 0. The highest BCUT2D eigenvalue weighted by atomic mass is 16.3. The Balaban J connectivity index is 1.69. The molecule has 132 valence electrons. The first-order valence-electron chi connectivity index (χ1n) is 9.17. The minimum Gasteiger partial charge on any atom is -0.464 e. The molecule has 0 aliphatic heterocycles. The summed E-state index contributed by atoms with van der Waals surface area (Å²) in [5.41, 5.74) is 4.98. The summed E-state index contributed by atoms with van der Waals surface area (Å²) >= 11 is 0. The van der Waals surface area contributed by atoms with Crippen LogP contribution in [-0.2, 0) is 0 Å². The van der Waals surface area contributed by atoms with E-state index in [0.717, 1.165) is 39.1 Å². The van der Waals surface area contributed by atoms with Crippen LogP contribution in [0, 0.1) is 0 Å². The lowest BCUT2D eigenvalue weighted by Crippen LogP contribution is -1.98. The van der Waals surface area contributed by atoms with E-state index >= 15 is 0 Å². The van der Waals surface area contributed by atoms with E-state index in [1.807, 2.05) is 42.6 Å². The molecule has 0 radical (unpaired) electrons. The van der Waals surface area contributed by atoms with Gasteiger partial charge in [0.15, 0.2) is 0 Å². The van der Waals surface area contributed by atoms with Crippen LogP contribution in [0.2, 0.25) is 0 Å². The molecule has 6 aromatic rings. The Morgan fingerprint density at radius 3 is 2.68 bits per heavy atom. The molecule has 0 N–H and O–H groups in total. The summed E-state index contributed by atoms with van der Waals surface area (Å²) in [6.45, 7) is 0. The summed E-state index contributed by atoms with van der Waals surface area (Å²) in [4.78, 5) is 9.17. The fourth-order valence-electron chi connectivity index (χ4n) is 3.90. The molecular formula is C24H15N3O. The molecule has 0 spiro atoms. The van der Waals surface area contributed by atoms with Crippen molar-refractivity contribution in [2.24, 2.45) is 0 Å². The summed E-state index contributed by atoms with van der Waals surface area (Å²) in [6.07, 6.45) is 5.34. The van der Waals surface area contributed by atoms with Crippen LogP contribution in [0.5, 0.6) is 0 Å². The quantitative estimate of drug-likeness (QED) is 0.381. The van der Waals surface area contributed by atoms with E-state index in [9.17, 15) is 0 Å². The number of fused-ring (bicyclic) bond motifs is 4. The Labute approximate surface area is 160 Å². The van der Waals surface area contributed by atoms with Crippen molar-refractivity contribution in [2.45, 2.75) is 0 Å². The van der Waals surface area contributed by atoms with E-state index < -0.39 is 0 Å². The SMILES string of the molecule is c1cncc(-c2cccc(-n3c4ccccc4c4cc5ccoc5cc43)n2)c1. The molecule has 28 heavy (non-hydrogen) atoms. The van der Waals surface area contributed by atoms with Gasteiger partial charge in [-0.1, -0.05) is 24.3 Å². The van der Waals surface area contributed by atoms with Crippen LogP contribution < -0.4 is 0 Å². The van der Waals surface area contributed by atoms with Crippen molar-refractivity contribution in [3.05, 3.63) is 91.5 Å². The molecule has 4 aromatic heterocycles. The highest BCUT2D eigenvalue weighted by Crippen LogP contribution is 2.34. The third kappa shape index (κ3) is 2.18. The summed E-state index contributed by atoms with van der Waals surface area (Å²) in [5, 5.41) is 3.50. The van der Waals surface area contributed by atoms with Crippen molar-refractivity contribution in [1.82, 2.24) is 14.5 Å². The largest absolute Gasteiger partial charge is 0.464 e.